The van der Waals surface area contributed by atoms with E-state index in [2.05, 4.69) is 0 Å². The van der Waals surface area contributed by atoms with Gasteiger partial charge in [0.15, 0.2) is 0 Å². The van der Waals surface area contributed by atoms with Crippen LogP contribution >= 0.6 is 0 Å². The van der Waals surface area contributed by atoms with Gasteiger partial charge in [0.05, 0.1) is 13.2 Å². The number of nitrogens with two attached hydrogens (primary N) is 1. The summed E-state index contributed by atoms with van der Waals surface area (Å²) in [6, 6.07) is 13.1. The first-order chi connectivity index (χ1) is 10.5. The Morgan fingerprint density at radius 3 is 2.50 bits per heavy atom. The second kappa shape index (κ2) is 6.98. The van der Waals surface area contributed by atoms with E-state index in [0.29, 0.717) is 12.0 Å². The molecule has 0 aliphatic carbocycles. The van der Waals surface area contributed by atoms with Crippen LogP contribution in [0, 0.1) is 0 Å². The van der Waals surface area contributed by atoms with Crippen LogP contribution in [0.25, 0.3) is 0 Å². The highest BCUT2D eigenvalue weighted by Crippen LogP contribution is 2.25. The van der Waals surface area contributed by atoms with E-state index in [4.69, 9.17) is 15.2 Å². The van der Waals surface area contributed by atoms with E-state index in [1.807, 2.05) is 44.2 Å². The summed E-state index contributed by atoms with van der Waals surface area (Å²) in [5.41, 5.74) is 7.80. The van der Waals surface area contributed by atoms with Crippen LogP contribution < -0.4 is 15.2 Å². The fraction of sp³-hybridized carbons (Fsp3) is 0.278. The molecule has 0 aliphatic rings. The van der Waals surface area contributed by atoms with Crippen molar-refractivity contribution in [2.75, 3.05) is 7.11 Å². The van der Waals surface area contributed by atoms with Gasteiger partial charge in [-0.15, -0.1) is 0 Å². The summed E-state index contributed by atoms with van der Waals surface area (Å²) in [6.45, 7) is 3.92. The van der Waals surface area contributed by atoms with Crippen molar-refractivity contribution in [1.29, 1.82) is 0 Å². The topological polar surface area (TPSA) is 61.6 Å². The molecule has 0 unspecified atom stereocenters. The number of benzene rings is 2. The number of amides is 1. The van der Waals surface area contributed by atoms with E-state index in [1.165, 1.54) is 0 Å². The molecule has 0 atom stereocenters. The van der Waals surface area contributed by atoms with E-state index >= 15 is 0 Å². The van der Waals surface area contributed by atoms with Gasteiger partial charge in [0.1, 0.15) is 11.5 Å². The van der Waals surface area contributed by atoms with E-state index in [-0.39, 0.29) is 6.10 Å². The normalized spacial score (nSPS) is 10.5. The summed E-state index contributed by atoms with van der Waals surface area (Å²) < 4.78 is 11.1. The Hall–Kier alpha value is -2.49. The molecular weight excluding hydrogens is 278 g/mol. The van der Waals surface area contributed by atoms with Gasteiger partial charge in [-0.05, 0) is 49.2 Å². The van der Waals surface area contributed by atoms with E-state index in [9.17, 15) is 4.79 Å². The lowest BCUT2D eigenvalue weighted by Gasteiger charge is -2.14. The number of primary amides is 1. The molecule has 4 heteroatoms. The van der Waals surface area contributed by atoms with Crippen molar-refractivity contribution in [2.45, 2.75) is 26.4 Å². The first-order valence-electron chi connectivity index (χ1n) is 7.22. The van der Waals surface area contributed by atoms with Crippen LogP contribution in [0.3, 0.4) is 0 Å². The van der Waals surface area contributed by atoms with Gasteiger partial charge >= 0.3 is 0 Å². The molecule has 0 saturated heterocycles. The third kappa shape index (κ3) is 3.79. The molecule has 0 spiro atoms. The summed E-state index contributed by atoms with van der Waals surface area (Å²) in [6.07, 6.45) is 0.621. The van der Waals surface area contributed by atoms with Gasteiger partial charge in [-0.3, -0.25) is 4.79 Å². The zero-order valence-corrected chi connectivity index (χ0v) is 13.1. The van der Waals surface area contributed by atoms with Crippen LogP contribution in [0.1, 0.15) is 35.3 Å². The van der Waals surface area contributed by atoms with Gasteiger partial charge in [-0.25, -0.2) is 0 Å². The van der Waals surface area contributed by atoms with Crippen LogP contribution in [0.2, 0.25) is 0 Å². The predicted octanol–water partition coefficient (Wildman–Crippen LogP) is 3.17. The number of carbonyl (C=O) groups is 1. The number of para-hydroxylation sites is 1. The van der Waals surface area contributed by atoms with Crippen LogP contribution in [0.5, 0.6) is 11.5 Å². The molecule has 0 aliphatic heterocycles. The molecule has 0 aromatic heterocycles. The molecule has 2 aromatic rings. The number of rotatable bonds is 6. The van der Waals surface area contributed by atoms with Gasteiger partial charge in [0.2, 0.25) is 5.91 Å². The van der Waals surface area contributed by atoms with Crippen molar-refractivity contribution in [1.82, 2.24) is 0 Å². The lowest BCUT2D eigenvalue weighted by atomic mass is 9.98. The second-order valence-corrected chi connectivity index (χ2v) is 5.34. The quantitative estimate of drug-likeness (QED) is 0.891. The second-order valence-electron chi connectivity index (χ2n) is 5.34. The highest BCUT2D eigenvalue weighted by molar-refractivity contribution is 5.94. The van der Waals surface area contributed by atoms with Crippen LogP contribution in [-0.4, -0.2) is 19.1 Å². The molecule has 2 aromatic carbocycles. The average Bonchev–Trinajstić information content (AvgIpc) is 2.47. The van der Waals surface area contributed by atoms with Crippen molar-refractivity contribution in [2.24, 2.45) is 5.73 Å². The minimum Gasteiger partial charge on any atom is -0.496 e. The van der Waals surface area contributed by atoms with Crippen molar-refractivity contribution < 1.29 is 14.3 Å². The molecular formula is C18H21NO3. The summed E-state index contributed by atoms with van der Waals surface area (Å²) in [7, 11) is 1.63. The van der Waals surface area contributed by atoms with E-state index in [1.54, 1.807) is 19.2 Å². The zero-order chi connectivity index (χ0) is 16.1. The van der Waals surface area contributed by atoms with Crippen molar-refractivity contribution >= 4 is 5.91 Å². The van der Waals surface area contributed by atoms with Crippen molar-refractivity contribution in [3.05, 3.63) is 59.2 Å². The number of methoxy groups -OCH3 is 1. The van der Waals surface area contributed by atoms with Gasteiger partial charge < -0.3 is 15.2 Å². The highest BCUT2D eigenvalue weighted by atomic mass is 16.5. The Kier molecular flexibility index (Phi) is 5.04. The first-order valence-corrected chi connectivity index (χ1v) is 7.22. The Labute approximate surface area is 130 Å². The molecule has 0 bridgehead atoms. The third-order valence-electron chi connectivity index (χ3n) is 3.29. The summed E-state index contributed by atoms with van der Waals surface area (Å²) in [4.78, 5) is 11.7. The molecule has 0 heterocycles. The van der Waals surface area contributed by atoms with Gasteiger partial charge in [0, 0.05) is 12.0 Å². The van der Waals surface area contributed by atoms with Crippen molar-refractivity contribution in [3.63, 3.8) is 0 Å². The largest absolute Gasteiger partial charge is 0.496 e. The summed E-state index contributed by atoms with van der Waals surface area (Å²) in [5, 5.41) is 0. The molecule has 0 radical (unpaired) electrons. The standard InChI is InChI=1S/C18H21NO3/c1-12(2)22-15-8-9-16(18(19)20)14(11-15)10-13-6-4-5-7-17(13)21-3/h4-9,11-12H,10H2,1-3H3,(H2,19,20). The number of carbonyl (C=O) groups excluding carboxylic acids is 1. The molecule has 2 N–H and O–H groups in total. The Morgan fingerprint density at radius 2 is 1.86 bits per heavy atom. The first kappa shape index (κ1) is 15.9. The van der Waals surface area contributed by atoms with Crippen LogP contribution in [0.15, 0.2) is 42.5 Å². The van der Waals surface area contributed by atoms with Gasteiger partial charge in [-0.1, -0.05) is 18.2 Å². The zero-order valence-electron chi connectivity index (χ0n) is 13.1. The molecule has 0 fully saturated rings. The molecule has 0 saturated carbocycles. The molecule has 2 rings (SSSR count). The van der Waals surface area contributed by atoms with Crippen molar-refractivity contribution in [3.8, 4) is 11.5 Å². The lowest BCUT2D eigenvalue weighted by molar-refractivity contribution is 0.0999. The Bertz CT molecular complexity index is 665. The minimum atomic E-state index is -0.444. The fourth-order valence-electron chi connectivity index (χ4n) is 2.36. The lowest BCUT2D eigenvalue weighted by Crippen LogP contribution is -2.15. The highest BCUT2D eigenvalue weighted by Gasteiger charge is 2.13. The predicted molar refractivity (Wildman–Crippen MR) is 86.5 cm³/mol. The Morgan fingerprint density at radius 1 is 1.14 bits per heavy atom. The maximum Gasteiger partial charge on any atom is 0.248 e. The van der Waals surface area contributed by atoms with Gasteiger partial charge in [-0.2, -0.15) is 0 Å². The maximum atomic E-state index is 11.7. The minimum absolute atomic E-state index is 0.0681. The molecule has 4 nitrogen and oxygen atoms in total. The van der Waals surface area contributed by atoms with Gasteiger partial charge in [0.25, 0.3) is 0 Å². The van der Waals surface area contributed by atoms with Crippen LogP contribution in [-0.2, 0) is 6.42 Å². The number of ether oxygens (including phenoxy) is 2. The molecule has 1 amide bonds. The smallest absolute Gasteiger partial charge is 0.248 e. The fourth-order valence-corrected chi connectivity index (χ4v) is 2.36. The average molecular weight is 299 g/mol. The SMILES string of the molecule is COc1ccccc1Cc1cc(OC(C)C)ccc1C(N)=O. The Balaban J connectivity index is 2.40. The third-order valence-corrected chi connectivity index (χ3v) is 3.29. The van der Waals surface area contributed by atoms with Crippen LogP contribution in [0.4, 0.5) is 0 Å². The summed E-state index contributed by atoms with van der Waals surface area (Å²) in [5.74, 6) is 1.07. The summed E-state index contributed by atoms with van der Waals surface area (Å²) >= 11 is 0. The van der Waals surface area contributed by atoms with E-state index < -0.39 is 5.91 Å². The monoisotopic (exact) mass is 299 g/mol. The molecule has 22 heavy (non-hydrogen) atoms. The number of hydrogen-bond donors (Lipinski definition) is 1. The van der Waals surface area contributed by atoms with E-state index in [0.717, 1.165) is 22.6 Å². The molecule has 116 valence electrons. The number of hydrogen-bond acceptors (Lipinski definition) is 3. The maximum absolute atomic E-state index is 11.7.